The zero-order valence-electron chi connectivity index (χ0n) is 40.1. The minimum absolute atomic E-state index is 0.0450. The van der Waals surface area contributed by atoms with E-state index in [0.29, 0.717) is 86.8 Å². The second-order valence-electron chi connectivity index (χ2n) is 17.2. The molecule has 7 amide bonds. The molecule has 23 nitrogen and oxygen atoms in total. The van der Waals surface area contributed by atoms with E-state index in [-0.39, 0.29) is 99.3 Å². The number of rotatable bonds is 34. The highest BCUT2D eigenvalue weighted by Gasteiger charge is 2.42. The van der Waals surface area contributed by atoms with E-state index in [2.05, 4.69) is 58.5 Å². The Hall–Kier alpha value is -5.08. The third-order valence-corrected chi connectivity index (χ3v) is 14.7. The first-order valence-corrected chi connectivity index (χ1v) is 26.4. The summed E-state index contributed by atoms with van der Waals surface area (Å²) >= 11 is 3.82. The van der Waals surface area contributed by atoms with Gasteiger partial charge in [-0.15, -0.1) is 0 Å². The zero-order valence-corrected chi connectivity index (χ0v) is 41.7. The molecule has 70 heavy (non-hydrogen) atoms. The number of benzene rings is 1. The summed E-state index contributed by atoms with van der Waals surface area (Å²) in [5, 5.41) is 48.4. The second-order valence-corrected chi connectivity index (χ2v) is 19.7. The first-order chi connectivity index (χ1) is 33.9. The number of hydrogen-bond acceptors (Lipinski definition) is 14. The average molecular weight is 1020 g/mol. The summed E-state index contributed by atoms with van der Waals surface area (Å²) < 4.78 is 22.1. The van der Waals surface area contributed by atoms with Gasteiger partial charge in [0.1, 0.15) is 0 Å². The van der Waals surface area contributed by atoms with Crippen LogP contribution in [0.25, 0.3) is 0 Å². The van der Waals surface area contributed by atoms with Gasteiger partial charge in [-0.3, -0.25) is 34.8 Å². The number of fused-ring (bicyclic) bond motifs is 2. The van der Waals surface area contributed by atoms with E-state index in [1.165, 1.54) is 25.1 Å². The highest BCUT2D eigenvalue weighted by atomic mass is 32.2. The number of carbonyl (C=O) groups excluding carboxylic acids is 6. The maximum Gasteiger partial charge on any atom is 0.319 e. The molecule has 0 aromatic heterocycles. The number of amides is 7. The van der Waals surface area contributed by atoms with E-state index in [1.54, 1.807) is 0 Å². The van der Waals surface area contributed by atoms with Crippen molar-refractivity contribution >= 4 is 76.7 Å². The Morgan fingerprint density at radius 3 is 1.41 bits per heavy atom. The summed E-state index contributed by atoms with van der Waals surface area (Å²) in [4.78, 5) is 75.0. The summed E-state index contributed by atoms with van der Waals surface area (Å²) in [6, 6.07) is 4.93. The molecule has 1 aromatic rings. The Bertz CT molecular complexity index is 1800. The Morgan fingerprint density at radius 1 is 0.543 bits per heavy atom. The van der Waals surface area contributed by atoms with Gasteiger partial charge in [-0.1, -0.05) is 12.8 Å². The fraction of sp³-hybridized carbons (Fsp3) is 0.689. The highest BCUT2D eigenvalue weighted by molar-refractivity contribution is 8.00. The molecule has 4 aliphatic rings. The second kappa shape index (κ2) is 31.3. The van der Waals surface area contributed by atoms with Gasteiger partial charge in [0.2, 0.25) is 17.7 Å². The Balaban J connectivity index is 0.956. The number of unbranched alkanes of at least 4 members (excludes halogenated alkanes) is 2. The molecule has 0 spiro atoms. The molecule has 390 valence electrons. The minimum atomic E-state index is -0.577. The number of carbonyl (C=O) groups is 6. The number of anilines is 1. The quantitative estimate of drug-likeness (QED) is 0.0397. The summed E-state index contributed by atoms with van der Waals surface area (Å²) in [7, 11) is 0. The van der Waals surface area contributed by atoms with E-state index in [4.69, 9.17) is 29.8 Å². The van der Waals surface area contributed by atoms with Crippen LogP contribution in [0.2, 0.25) is 0 Å². The van der Waals surface area contributed by atoms with Crippen molar-refractivity contribution in [1.29, 1.82) is 10.8 Å². The normalized spacial score (nSPS) is 20.8. The minimum Gasteiger partial charge on any atom is -0.378 e. The Kier molecular flexibility index (Phi) is 25.0. The number of guanidine groups is 2. The maximum atomic E-state index is 13.3. The molecule has 0 aliphatic carbocycles. The third-order valence-electron chi connectivity index (χ3n) is 11.7. The van der Waals surface area contributed by atoms with Crippen LogP contribution >= 0.6 is 23.5 Å². The van der Waals surface area contributed by atoms with Crippen LogP contribution in [0.1, 0.15) is 79.0 Å². The van der Waals surface area contributed by atoms with Crippen molar-refractivity contribution < 1.29 is 47.7 Å². The van der Waals surface area contributed by atoms with Crippen molar-refractivity contribution in [2.45, 2.75) is 93.0 Å². The lowest BCUT2D eigenvalue weighted by Crippen LogP contribution is -2.36. The molecule has 0 bridgehead atoms. The van der Waals surface area contributed by atoms with Crippen LogP contribution < -0.4 is 58.5 Å². The molecule has 4 saturated heterocycles. The topological polar surface area (TPSA) is 319 Å². The standard InChI is InChI=1S/C45H73N13O10S2/c1-29(59)48-10-16-67-22-23-68-21-15-53-45(64)54-32-25-30(41(62)51-13-19-65-17-11-49-37(60)8-4-2-6-35-39-33(27-69-35)55-43(46)57-39)24-31(26-32)42(63)52-14-20-66-18-12-50-38(61)9-5-3-7-36-40-34(28-70-36)56-44(47)58-40/h24-26,33-36,39-40H,2-23,27-28H2,1H3,(H,48,59)(H,49,60)(H,50,61)(H,51,62)(H,52,63)(H3,46,55,57)(H3,47,56,58)(H2,53,54,64)/t33-,34-,35-,36-,39-,40-/m0/s1. The first-order valence-electron chi connectivity index (χ1n) is 24.3. The summed E-state index contributed by atoms with van der Waals surface area (Å²) in [5.41, 5.74) is 0.456. The fourth-order valence-electron chi connectivity index (χ4n) is 8.19. The van der Waals surface area contributed by atoms with Crippen LogP contribution in [0, 0.1) is 10.8 Å². The van der Waals surface area contributed by atoms with Crippen LogP contribution in [0.3, 0.4) is 0 Å². The lowest BCUT2D eigenvalue weighted by molar-refractivity contribution is -0.122. The van der Waals surface area contributed by atoms with Crippen LogP contribution in [-0.2, 0) is 33.3 Å². The smallest absolute Gasteiger partial charge is 0.319 e. The van der Waals surface area contributed by atoms with E-state index in [1.807, 2.05) is 23.5 Å². The first kappa shape index (κ1) is 55.8. The average Bonchev–Trinajstić information content (AvgIpc) is 4.10. The molecule has 6 atom stereocenters. The van der Waals surface area contributed by atoms with Gasteiger partial charge < -0.3 is 77.4 Å². The van der Waals surface area contributed by atoms with Gasteiger partial charge >= 0.3 is 6.03 Å². The molecule has 4 fully saturated rings. The van der Waals surface area contributed by atoms with Crippen molar-refractivity contribution in [3.05, 3.63) is 29.3 Å². The number of urea groups is 1. The molecule has 0 unspecified atom stereocenters. The Labute approximate surface area is 418 Å². The zero-order chi connectivity index (χ0) is 49.9. The highest BCUT2D eigenvalue weighted by Crippen LogP contribution is 2.34. The molecule has 1 aromatic carbocycles. The largest absolute Gasteiger partial charge is 0.378 e. The summed E-state index contributed by atoms with van der Waals surface area (Å²) in [6.45, 7) is 5.02. The molecule has 4 aliphatic heterocycles. The molecular weight excluding hydrogens is 947 g/mol. The fourth-order valence-corrected chi connectivity index (χ4v) is 11.3. The number of thioether (sulfide) groups is 2. The van der Waals surface area contributed by atoms with Crippen LogP contribution in [0.4, 0.5) is 10.5 Å². The molecular formula is C45H73N13O10S2. The lowest BCUT2D eigenvalue weighted by atomic mass is 10.0. The van der Waals surface area contributed by atoms with Crippen LogP contribution in [0.5, 0.6) is 0 Å². The van der Waals surface area contributed by atoms with E-state index in [0.717, 1.165) is 50.0 Å². The van der Waals surface area contributed by atoms with Gasteiger partial charge in [0.05, 0.1) is 77.0 Å². The molecule has 5 rings (SSSR count). The van der Waals surface area contributed by atoms with Crippen molar-refractivity contribution in [2.75, 3.05) is 109 Å². The monoisotopic (exact) mass is 1020 g/mol. The third kappa shape index (κ3) is 20.7. The van der Waals surface area contributed by atoms with Crippen LogP contribution in [0.15, 0.2) is 18.2 Å². The van der Waals surface area contributed by atoms with Gasteiger partial charge in [0, 0.05) is 97.9 Å². The van der Waals surface area contributed by atoms with E-state index in [9.17, 15) is 28.8 Å². The number of hydrogen-bond donors (Lipinski definition) is 13. The predicted molar refractivity (Wildman–Crippen MR) is 269 cm³/mol. The van der Waals surface area contributed by atoms with Gasteiger partial charge in [0.25, 0.3) is 11.8 Å². The van der Waals surface area contributed by atoms with Crippen molar-refractivity contribution in [1.82, 2.24) is 53.2 Å². The number of nitrogens with one attached hydrogen (secondary N) is 13. The molecule has 13 N–H and O–H groups in total. The van der Waals surface area contributed by atoms with Crippen molar-refractivity contribution in [2.24, 2.45) is 0 Å². The number of ether oxygens (including phenoxy) is 4. The van der Waals surface area contributed by atoms with Crippen molar-refractivity contribution in [3.63, 3.8) is 0 Å². The van der Waals surface area contributed by atoms with Gasteiger partial charge in [-0.2, -0.15) is 23.5 Å². The van der Waals surface area contributed by atoms with Crippen LogP contribution in [-0.4, -0.2) is 186 Å². The van der Waals surface area contributed by atoms with Gasteiger partial charge in [-0.05, 0) is 43.9 Å². The Morgan fingerprint density at radius 2 is 0.957 bits per heavy atom. The van der Waals surface area contributed by atoms with Gasteiger partial charge in [0.15, 0.2) is 11.9 Å². The van der Waals surface area contributed by atoms with Gasteiger partial charge in [-0.25, -0.2) is 4.79 Å². The lowest BCUT2D eigenvalue weighted by Gasteiger charge is -2.16. The van der Waals surface area contributed by atoms with E-state index >= 15 is 0 Å². The summed E-state index contributed by atoms with van der Waals surface area (Å²) in [5.74, 6) is 1.55. The SMILES string of the molecule is CC(=O)NCCOCCOCCNC(=O)Nc1cc(C(=O)NCCOCCNC(=O)CCCC[C@@H]2SC[C@@H]3NC(=N)N[C@@H]32)cc(C(=O)NCCOCCNC(=O)CCCC[C@@H]2SC[C@@H]3NC(=N)N[C@@H]32)c1. The van der Waals surface area contributed by atoms with Crippen molar-refractivity contribution in [3.8, 4) is 0 Å². The molecule has 25 heteroatoms. The molecule has 0 radical (unpaired) electrons. The molecule has 0 saturated carbocycles. The van der Waals surface area contributed by atoms with E-state index < -0.39 is 17.8 Å². The predicted octanol–water partition coefficient (Wildman–Crippen LogP) is -0.216. The summed E-state index contributed by atoms with van der Waals surface area (Å²) in [6.07, 6.45) is 6.27. The maximum absolute atomic E-state index is 13.3. The molecule has 4 heterocycles.